The molecule has 2 heterocycles. The molecule has 0 radical (unpaired) electrons. The Morgan fingerprint density at radius 1 is 0.875 bits per heavy atom. The number of hydrogen-bond acceptors (Lipinski definition) is 5. The number of aryl methyl sites for hydroxylation is 1. The van der Waals surface area contributed by atoms with Gasteiger partial charge in [0.05, 0.1) is 4.90 Å². The number of piperidine rings is 1. The van der Waals surface area contributed by atoms with Crippen molar-refractivity contribution in [3.63, 3.8) is 0 Å². The fourth-order valence-corrected chi connectivity index (χ4v) is 6.81. The van der Waals surface area contributed by atoms with E-state index in [-0.39, 0.29) is 35.7 Å². The van der Waals surface area contributed by atoms with Crippen molar-refractivity contribution in [2.75, 3.05) is 25.0 Å². The monoisotopic (exact) mass is 561 g/mol. The number of carbonyl (C=O) groups is 2. The smallest absolute Gasteiger partial charge is 0.247 e. The minimum Gasteiger partial charge on any atom is -0.489 e. The number of benzene rings is 3. The van der Waals surface area contributed by atoms with Crippen LogP contribution in [0.25, 0.3) is 0 Å². The third kappa shape index (κ3) is 6.37. The fourth-order valence-electron chi connectivity index (χ4n) is 5.34. The summed E-state index contributed by atoms with van der Waals surface area (Å²) < 4.78 is 33.4. The molecule has 9 heteroatoms. The summed E-state index contributed by atoms with van der Waals surface area (Å²) >= 11 is 0. The summed E-state index contributed by atoms with van der Waals surface area (Å²) in [4.78, 5) is 28.5. The Hall–Kier alpha value is -3.69. The molecule has 1 unspecified atom stereocenters. The standard InChI is InChI=1S/C31H35N3O5S/c1-23-9-15-28(16-10-23)40(37,38)33-20-17-25(18-21-33)31(36)34-19-5-8-29(34)30(35)32-26-11-13-27(14-12-26)39-22-24-6-3-2-4-7-24/h2-4,6-7,9-16,25,29H,5,8,17-22H2,1H3,(H,32,35). The molecule has 210 valence electrons. The van der Waals surface area contributed by atoms with Crippen LogP contribution in [0.5, 0.6) is 5.75 Å². The normalized spacial score (nSPS) is 18.4. The van der Waals surface area contributed by atoms with Crippen molar-refractivity contribution in [3.8, 4) is 5.75 Å². The van der Waals surface area contributed by atoms with Crippen LogP contribution in [0.4, 0.5) is 5.69 Å². The molecule has 0 saturated carbocycles. The van der Waals surface area contributed by atoms with Crippen molar-refractivity contribution in [2.45, 2.75) is 50.2 Å². The SMILES string of the molecule is Cc1ccc(S(=O)(=O)N2CCC(C(=O)N3CCCC3C(=O)Nc3ccc(OCc4ccccc4)cc3)CC2)cc1. The molecule has 1 atom stereocenters. The van der Waals surface area contributed by atoms with Crippen molar-refractivity contribution >= 4 is 27.5 Å². The summed E-state index contributed by atoms with van der Waals surface area (Å²) in [5.74, 6) is 0.145. The fraction of sp³-hybridized carbons (Fsp3) is 0.355. The Labute approximate surface area is 236 Å². The predicted molar refractivity (Wildman–Crippen MR) is 153 cm³/mol. The first kappa shape index (κ1) is 27.9. The molecule has 1 N–H and O–H groups in total. The molecule has 8 nitrogen and oxygen atoms in total. The van der Waals surface area contributed by atoms with Gasteiger partial charge in [0.15, 0.2) is 0 Å². The molecule has 2 aliphatic rings. The highest BCUT2D eigenvalue weighted by molar-refractivity contribution is 7.89. The van der Waals surface area contributed by atoms with Gasteiger partial charge < -0.3 is 15.0 Å². The first-order valence-electron chi connectivity index (χ1n) is 13.8. The van der Waals surface area contributed by atoms with Gasteiger partial charge in [0.1, 0.15) is 18.4 Å². The number of likely N-dealkylation sites (tertiary alicyclic amines) is 1. The topological polar surface area (TPSA) is 96.0 Å². The highest BCUT2D eigenvalue weighted by Gasteiger charge is 2.39. The lowest BCUT2D eigenvalue weighted by Crippen LogP contribution is -2.48. The average Bonchev–Trinajstić information content (AvgIpc) is 3.48. The Balaban J connectivity index is 1.14. The Kier molecular flexibility index (Phi) is 8.52. The van der Waals surface area contributed by atoms with Crippen molar-refractivity contribution in [1.82, 2.24) is 9.21 Å². The molecule has 2 saturated heterocycles. The molecule has 0 bridgehead atoms. The summed E-state index contributed by atoms with van der Waals surface area (Å²) in [5.41, 5.74) is 2.72. The van der Waals surface area contributed by atoms with E-state index in [0.29, 0.717) is 43.9 Å². The van der Waals surface area contributed by atoms with Gasteiger partial charge in [-0.05, 0) is 74.6 Å². The largest absolute Gasteiger partial charge is 0.489 e. The summed E-state index contributed by atoms with van der Waals surface area (Å²) in [6.07, 6.45) is 2.26. The van der Waals surface area contributed by atoms with E-state index in [9.17, 15) is 18.0 Å². The van der Waals surface area contributed by atoms with Gasteiger partial charge in [0, 0.05) is 31.2 Å². The van der Waals surface area contributed by atoms with E-state index in [2.05, 4.69) is 5.32 Å². The van der Waals surface area contributed by atoms with Crippen LogP contribution in [0.2, 0.25) is 0 Å². The highest BCUT2D eigenvalue weighted by atomic mass is 32.2. The average molecular weight is 562 g/mol. The van der Waals surface area contributed by atoms with Crippen LogP contribution in [-0.2, 0) is 26.2 Å². The zero-order chi connectivity index (χ0) is 28.1. The lowest BCUT2D eigenvalue weighted by atomic mass is 9.96. The molecular weight excluding hydrogens is 526 g/mol. The zero-order valence-electron chi connectivity index (χ0n) is 22.7. The maximum atomic E-state index is 13.4. The zero-order valence-corrected chi connectivity index (χ0v) is 23.5. The number of nitrogens with zero attached hydrogens (tertiary/aromatic N) is 2. The second kappa shape index (κ2) is 12.2. The van der Waals surface area contributed by atoms with E-state index in [1.807, 2.05) is 49.4 Å². The van der Waals surface area contributed by atoms with E-state index in [1.54, 1.807) is 41.3 Å². The van der Waals surface area contributed by atoms with Crippen LogP contribution < -0.4 is 10.1 Å². The molecule has 3 aromatic rings. The number of hydrogen-bond donors (Lipinski definition) is 1. The molecule has 0 aromatic heterocycles. The number of nitrogens with one attached hydrogen (secondary N) is 1. The van der Waals surface area contributed by atoms with E-state index in [1.165, 1.54) is 4.31 Å². The van der Waals surface area contributed by atoms with Gasteiger partial charge in [0.25, 0.3) is 0 Å². The number of sulfonamides is 1. The van der Waals surface area contributed by atoms with Crippen LogP contribution in [0, 0.1) is 12.8 Å². The molecule has 5 rings (SSSR count). The Bertz CT molecular complexity index is 1420. The number of ether oxygens (including phenoxy) is 1. The minimum atomic E-state index is -3.59. The number of anilines is 1. The van der Waals surface area contributed by atoms with Gasteiger partial charge in [-0.2, -0.15) is 4.31 Å². The van der Waals surface area contributed by atoms with Gasteiger partial charge in [-0.25, -0.2) is 8.42 Å². The summed E-state index contributed by atoms with van der Waals surface area (Å²) in [6.45, 7) is 3.48. The Morgan fingerprint density at radius 2 is 1.55 bits per heavy atom. The van der Waals surface area contributed by atoms with Crippen molar-refractivity contribution in [2.24, 2.45) is 5.92 Å². The van der Waals surface area contributed by atoms with Crippen LogP contribution in [0.15, 0.2) is 83.8 Å². The molecule has 0 aliphatic carbocycles. The number of carbonyl (C=O) groups excluding carboxylic acids is 2. The second-order valence-electron chi connectivity index (χ2n) is 10.5. The summed E-state index contributed by atoms with van der Waals surface area (Å²) in [5, 5.41) is 2.95. The molecule has 3 aromatic carbocycles. The molecule has 2 aliphatic heterocycles. The lowest BCUT2D eigenvalue weighted by Gasteiger charge is -2.34. The van der Waals surface area contributed by atoms with E-state index < -0.39 is 16.1 Å². The summed E-state index contributed by atoms with van der Waals surface area (Å²) in [6, 6.07) is 23.4. The van der Waals surface area contributed by atoms with Gasteiger partial charge in [-0.15, -0.1) is 0 Å². The van der Waals surface area contributed by atoms with Crippen molar-refractivity contribution < 1.29 is 22.7 Å². The van der Waals surface area contributed by atoms with Gasteiger partial charge in [0.2, 0.25) is 21.8 Å². The van der Waals surface area contributed by atoms with Gasteiger partial charge >= 0.3 is 0 Å². The van der Waals surface area contributed by atoms with Crippen LogP contribution in [0.1, 0.15) is 36.8 Å². The molecule has 0 spiro atoms. The van der Waals surface area contributed by atoms with Gasteiger partial charge in [-0.3, -0.25) is 9.59 Å². The lowest BCUT2D eigenvalue weighted by molar-refractivity contribution is -0.141. The van der Waals surface area contributed by atoms with Crippen LogP contribution in [0.3, 0.4) is 0 Å². The first-order chi connectivity index (χ1) is 19.3. The maximum absolute atomic E-state index is 13.4. The van der Waals surface area contributed by atoms with E-state index >= 15 is 0 Å². The third-order valence-electron chi connectivity index (χ3n) is 7.67. The Morgan fingerprint density at radius 3 is 2.23 bits per heavy atom. The molecular formula is C31H35N3O5S. The van der Waals surface area contributed by atoms with E-state index in [0.717, 1.165) is 17.5 Å². The van der Waals surface area contributed by atoms with Crippen molar-refractivity contribution in [3.05, 3.63) is 90.0 Å². The highest BCUT2D eigenvalue weighted by Crippen LogP contribution is 2.29. The summed E-state index contributed by atoms with van der Waals surface area (Å²) in [7, 11) is -3.59. The predicted octanol–water partition coefficient (Wildman–Crippen LogP) is 4.60. The molecule has 40 heavy (non-hydrogen) atoms. The van der Waals surface area contributed by atoms with Gasteiger partial charge in [-0.1, -0.05) is 48.0 Å². The third-order valence-corrected chi connectivity index (χ3v) is 9.58. The van der Waals surface area contributed by atoms with Crippen LogP contribution >= 0.6 is 0 Å². The van der Waals surface area contributed by atoms with Crippen molar-refractivity contribution in [1.29, 1.82) is 0 Å². The minimum absolute atomic E-state index is 0.0605. The van der Waals surface area contributed by atoms with Crippen LogP contribution in [-0.4, -0.2) is 55.1 Å². The molecule has 2 fully saturated rings. The number of amides is 2. The quantitative estimate of drug-likeness (QED) is 0.434. The second-order valence-corrected chi connectivity index (χ2v) is 12.4. The maximum Gasteiger partial charge on any atom is 0.247 e. The van der Waals surface area contributed by atoms with E-state index in [4.69, 9.17) is 4.74 Å². The first-order valence-corrected chi connectivity index (χ1v) is 15.2. The number of rotatable bonds is 8. The molecule has 2 amide bonds.